The van der Waals surface area contributed by atoms with Crippen LogP contribution in [0.15, 0.2) is 78.9 Å². The van der Waals surface area contributed by atoms with Gasteiger partial charge in [-0.1, -0.05) is 43.3 Å². The van der Waals surface area contributed by atoms with E-state index in [-0.39, 0.29) is 11.8 Å². The van der Waals surface area contributed by atoms with Crippen molar-refractivity contribution in [2.24, 2.45) is 0 Å². The number of amides is 2. The standard InChI is InChI=1S/C22H20N2O2/c1-2-16-11-13-19(14-12-16)23-22(26)18-9-6-10-20(15-18)24-21(25)17-7-4-3-5-8-17/h3-15H,2H2,1H3,(H,23,26)(H,24,25). The van der Waals surface area contributed by atoms with Crippen LogP contribution in [0.4, 0.5) is 11.4 Å². The molecule has 26 heavy (non-hydrogen) atoms. The first-order valence-electron chi connectivity index (χ1n) is 8.52. The number of anilines is 2. The van der Waals surface area contributed by atoms with Crippen molar-refractivity contribution in [3.05, 3.63) is 95.6 Å². The molecule has 0 heterocycles. The second kappa shape index (κ2) is 8.12. The van der Waals surface area contributed by atoms with Crippen LogP contribution in [0.5, 0.6) is 0 Å². The van der Waals surface area contributed by atoms with E-state index < -0.39 is 0 Å². The number of carbonyl (C=O) groups is 2. The van der Waals surface area contributed by atoms with Crippen molar-refractivity contribution in [3.63, 3.8) is 0 Å². The zero-order valence-electron chi connectivity index (χ0n) is 14.5. The summed E-state index contributed by atoms with van der Waals surface area (Å²) in [4.78, 5) is 24.7. The predicted octanol–water partition coefficient (Wildman–Crippen LogP) is 4.75. The van der Waals surface area contributed by atoms with Gasteiger partial charge in [-0.05, 0) is 54.4 Å². The molecule has 0 saturated carbocycles. The van der Waals surface area contributed by atoms with E-state index >= 15 is 0 Å². The SMILES string of the molecule is CCc1ccc(NC(=O)c2cccc(NC(=O)c3ccccc3)c2)cc1. The molecular weight excluding hydrogens is 324 g/mol. The highest BCUT2D eigenvalue weighted by atomic mass is 16.2. The first kappa shape index (κ1) is 17.4. The molecule has 0 aromatic heterocycles. The van der Waals surface area contributed by atoms with Crippen LogP contribution >= 0.6 is 0 Å². The maximum absolute atomic E-state index is 12.5. The van der Waals surface area contributed by atoms with Crippen molar-refractivity contribution in [2.75, 3.05) is 10.6 Å². The van der Waals surface area contributed by atoms with Crippen LogP contribution in [0.1, 0.15) is 33.2 Å². The fraction of sp³-hybridized carbons (Fsp3) is 0.0909. The second-order valence-corrected chi connectivity index (χ2v) is 5.91. The summed E-state index contributed by atoms with van der Waals surface area (Å²) in [5.74, 6) is -0.427. The van der Waals surface area contributed by atoms with Crippen molar-refractivity contribution in [2.45, 2.75) is 13.3 Å². The quantitative estimate of drug-likeness (QED) is 0.701. The Kier molecular flexibility index (Phi) is 5.44. The van der Waals surface area contributed by atoms with Crippen LogP contribution < -0.4 is 10.6 Å². The molecule has 0 radical (unpaired) electrons. The van der Waals surface area contributed by atoms with E-state index in [1.165, 1.54) is 5.56 Å². The zero-order chi connectivity index (χ0) is 18.4. The van der Waals surface area contributed by atoms with E-state index in [4.69, 9.17) is 0 Å². The molecule has 3 rings (SSSR count). The number of hydrogen-bond donors (Lipinski definition) is 2. The van der Waals surface area contributed by atoms with Gasteiger partial charge in [0.2, 0.25) is 0 Å². The molecule has 4 heteroatoms. The number of rotatable bonds is 5. The topological polar surface area (TPSA) is 58.2 Å². The van der Waals surface area contributed by atoms with Crippen LogP contribution in [0.2, 0.25) is 0 Å². The van der Waals surface area contributed by atoms with Crippen LogP contribution in [-0.2, 0) is 6.42 Å². The molecule has 0 fully saturated rings. The van der Waals surface area contributed by atoms with Gasteiger partial charge in [-0.3, -0.25) is 9.59 Å². The monoisotopic (exact) mass is 344 g/mol. The van der Waals surface area contributed by atoms with Crippen LogP contribution in [0.3, 0.4) is 0 Å². The Morgan fingerprint density at radius 2 is 1.31 bits per heavy atom. The minimum Gasteiger partial charge on any atom is -0.322 e. The number of carbonyl (C=O) groups excluding carboxylic acids is 2. The van der Waals surface area contributed by atoms with E-state index in [9.17, 15) is 9.59 Å². The fourth-order valence-corrected chi connectivity index (χ4v) is 2.56. The molecule has 130 valence electrons. The first-order valence-corrected chi connectivity index (χ1v) is 8.52. The highest BCUT2D eigenvalue weighted by Gasteiger charge is 2.09. The summed E-state index contributed by atoms with van der Waals surface area (Å²) in [5.41, 5.74) is 3.58. The van der Waals surface area contributed by atoms with E-state index in [1.54, 1.807) is 36.4 Å². The normalized spacial score (nSPS) is 10.2. The number of hydrogen-bond acceptors (Lipinski definition) is 2. The summed E-state index contributed by atoms with van der Waals surface area (Å²) in [7, 11) is 0. The van der Waals surface area contributed by atoms with E-state index in [0.29, 0.717) is 16.8 Å². The molecule has 3 aromatic carbocycles. The van der Waals surface area contributed by atoms with Crippen molar-refractivity contribution in [3.8, 4) is 0 Å². The van der Waals surface area contributed by atoms with E-state index in [0.717, 1.165) is 12.1 Å². The van der Waals surface area contributed by atoms with Crippen molar-refractivity contribution in [1.29, 1.82) is 0 Å². The molecule has 0 saturated heterocycles. The number of aryl methyl sites for hydroxylation is 1. The Morgan fingerprint density at radius 1 is 0.692 bits per heavy atom. The van der Waals surface area contributed by atoms with Gasteiger partial charge in [0.1, 0.15) is 0 Å². The summed E-state index contributed by atoms with van der Waals surface area (Å²) in [6.45, 7) is 2.09. The lowest BCUT2D eigenvalue weighted by Gasteiger charge is -2.09. The third-order valence-electron chi connectivity index (χ3n) is 4.04. The lowest BCUT2D eigenvalue weighted by Crippen LogP contribution is -2.14. The number of benzene rings is 3. The zero-order valence-corrected chi connectivity index (χ0v) is 14.5. The Balaban J connectivity index is 1.69. The molecule has 2 N–H and O–H groups in total. The lowest BCUT2D eigenvalue weighted by atomic mass is 10.1. The molecule has 0 spiro atoms. The second-order valence-electron chi connectivity index (χ2n) is 5.91. The minimum absolute atomic E-state index is 0.210. The molecule has 4 nitrogen and oxygen atoms in total. The van der Waals surface area contributed by atoms with Gasteiger partial charge in [0.05, 0.1) is 0 Å². The molecule has 2 amide bonds. The molecule has 0 aliphatic heterocycles. The molecule has 3 aromatic rings. The summed E-state index contributed by atoms with van der Waals surface area (Å²) in [6, 6.07) is 23.6. The largest absolute Gasteiger partial charge is 0.322 e. The molecule has 0 aliphatic rings. The van der Waals surface area contributed by atoms with Crippen molar-refractivity contribution in [1.82, 2.24) is 0 Å². The molecular formula is C22H20N2O2. The van der Waals surface area contributed by atoms with Crippen molar-refractivity contribution < 1.29 is 9.59 Å². The average Bonchev–Trinajstić information content (AvgIpc) is 2.69. The van der Waals surface area contributed by atoms with Gasteiger partial charge >= 0.3 is 0 Å². The maximum Gasteiger partial charge on any atom is 0.255 e. The van der Waals surface area contributed by atoms with Crippen molar-refractivity contribution >= 4 is 23.2 Å². The lowest BCUT2D eigenvalue weighted by molar-refractivity contribution is 0.101. The highest BCUT2D eigenvalue weighted by Crippen LogP contribution is 2.15. The smallest absolute Gasteiger partial charge is 0.255 e. The van der Waals surface area contributed by atoms with Crippen LogP contribution in [-0.4, -0.2) is 11.8 Å². The number of nitrogens with one attached hydrogen (secondary N) is 2. The Bertz CT molecular complexity index is 903. The summed E-state index contributed by atoms with van der Waals surface area (Å²) >= 11 is 0. The van der Waals surface area contributed by atoms with E-state index in [1.807, 2.05) is 42.5 Å². The van der Waals surface area contributed by atoms with Crippen LogP contribution in [0.25, 0.3) is 0 Å². The highest BCUT2D eigenvalue weighted by molar-refractivity contribution is 6.07. The third-order valence-corrected chi connectivity index (χ3v) is 4.04. The fourth-order valence-electron chi connectivity index (χ4n) is 2.56. The van der Waals surface area contributed by atoms with Gasteiger partial charge in [0, 0.05) is 22.5 Å². The molecule has 0 bridgehead atoms. The minimum atomic E-state index is -0.218. The van der Waals surface area contributed by atoms with E-state index in [2.05, 4.69) is 17.6 Å². The van der Waals surface area contributed by atoms with Gasteiger partial charge in [-0.25, -0.2) is 0 Å². The van der Waals surface area contributed by atoms with Gasteiger partial charge in [-0.15, -0.1) is 0 Å². The van der Waals surface area contributed by atoms with Gasteiger partial charge in [0.15, 0.2) is 0 Å². The predicted molar refractivity (Wildman–Crippen MR) is 105 cm³/mol. The van der Waals surface area contributed by atoms with Crippen LogP contribution in [0, 0.1) is 0 Å². The Morgan fingerprint density at radius 3 is 2.00 bits per heavy atom. The first-order chi connectivity index (χ1) is 12.7. The Labute approximate surface area is 152 Å². The van der Waals surface area contributed by atoms with Gasteiger partial charge in [-0.2, -0.15) is 0 Å². The average molecular weight is 344 g/mol. The van der Waals surface area contributed by atoms with Gasteiger partial charge in [0.25, 0.3) is 11.8 Å². The Hall–Kier alpha value is -3.40. The summed E-state index contributed by atoms with van der Waals surface area (Å²) in [6.07, 6.45) is 0.956. The molecule has 0 atom stereocenters. The molecule has 0 unspecified atom stereocenters. The summed E-state index contributed by atoms with van der Waals surface area (Å²) in [5, 5.41) is 5.68. The third kappa shape index (κ3) is 4.36. The van der Waals surface area contributed by atoms with Gasteiger partial charge < -0.3 is 10.6 Å². The molecule has 0 aliphatic carbocycles. The maximum atomic E-state index is 12.5. The summed E-state index contributed by atoms with van der Waals surface area (Å²) < 4.78 is 0.